The van der Waals surface area contributed by atoms with E-state index in [1.807, 2.05) is 6.07 Å². The van der Waals surface area contributed by atoms with Crippen LogP contribution in [0.2, 0.25) is 0 Å². The van der Waals surface area contributed by atoms with E-state index in [-0.39, 0.29) is 6.61 Å². The molecule has 0 saturated carbocycles. The van der Waals surface area contributed by atoms with E-state index in [9.17, 15) is 5.11 Å². The van der Waals surface area contributed by atoms with Gasteiger partial charge in [0.15, 0.2) is 5.82 Å². The van der Waals surface area contributed by atoms with Gasteiger partial charge < -0.3 is 10.0 Å². The van der Waals surface area contributed by atoms with Crippen LogP contribution in [0.25, 0.3) is 0 Å². The molecular weight excluding hydrogens is 394 g/mol. The van der Waals surface area contributed by atoms with E-state index in [1.54, 1.807) is 6.20 Å². The van der Waals surface area contributed by atoms with Crippen molar-refractivity contribution in [3.8, 4) is 11.8 Å². The average molecular weight is 424 g/mol. The third kappa shape index (κ3) is 4.40. The summed E-state index contributed by atoms with van der Waals surface area (Å²) in [5, 5.41) is 9.94. The zero-order valence-electron chi connectivity index (χ0n) is 18.4. The van der Waals surface area contributed by atoms with Gasteiger partial charge in [-0.15, -0.1) is 0 Å². The van der Waals surface area contributed by atoms with Crippen LogP contribution in [0.5, 0.6) is 0 Å². The van der Waals surface area contributed by atoms with Crippen molar-refractivity contribution in [2.24, 2.45) is 5.41 Å². The number of benzene rings is 2. The third-order valence-electron chi connectivity index (χ3n) is 6.94. The van der Waals surface area contributed by atoms with Gasteiger partial charge in [-0.05, 0) is 60.1 Å². The molecule has 1 spiro atoms. The molecule has 3 aromatic rings. The van der Waals surface area contributed by atoms with Gasteiger partial charge in [-0.2, -0.15) is 0 Å². The van der Waals surface area contributed by atoms with Gasteiger partial charge in [0, 0.05) is 19.5 Å². The van der Waals surface area contributed by atoms with Crippen molar-refractivity contribution in [2.45, 2.75) is 45.1 Å². The minimum absolute atomic E-state index is 0.116. The highest BCUT2D eigenvalue weighted by Crippen LogP contribution is 2.45. The molecule has 2 aliphatic rings. The van der Waals surface area contributed by atoms with Crippen molar-refractivity contribution < 1.29 is 5.11 Å². The highest BCUT2D eigenvalue weighted by Gasteiger charge is 2.40. The molecular formula is C28H29N3O. The molecule has 1 fully saturated rings. The largest absolute Gasteiger partial charge is 0.390 e. The Kier molecular flexibility index (Phi) is 5.92. The first-order valence-corrected chi connectivity index (χ1v) is 11.6. The zero-order chi connectivity index (χ0) is 21.8. The van der Waals surface area contributed by atoms with E-state index < -0.39 is 0 Å². The van der Waals surface area contributed by atoms with Gasteiger partial charge in [-0.25, -0.2) is 9.97 Å². The SMILES string of the molecule is OCc1nc(C#CCCc2ccccc2)cnc1N1CCC2(CC1)Cc1ccccc1C2. The van der Waals surface area contributed by atoms with Crippen LogP contribution in [-0.4, -0.2) is 28.2 Å². The molecule has 1 aliphatic heterocycles. The molecule has 2 heterocycles. The van der Waals surface area contributed by atoms with Crippen LogP contribution in [0.4, 0.5) is 5.82 Å². The summed E-state index contributed by atoms with van der Waals surface area (Å²) in [5.74, 6) is 7.12. The lowest BCUT2D eigenvalue weighted by molar-refractivity contribution is 0.231. The Morgan fingerprint density at radius 2 is 1.62 bits per heavy atom. The summed E-state index contributed by atoms with van der Waals surface area (Å²) in [6.07, 6.45) is 8.12. The lowest BCUT2D eigenvalue weighted by atomic mass is 9.76. The molecule has 0 bridgehead atoms. The molecule has 0 radical (unpaired) electrons. The second kappa shape index (κ2) is 9.14. The fraction of sp³-hybridized carbons (Fsp3) is 0.357. The Bertz CT molecular complexity index is 1110. The first kappa shape index (κ1) is 20.7. The summed E-state index contributed by atoms with van der Waals surface area (Å²) < 4.78 is 0. The zero-order valence-corrected chi connectivity index (χ0v) is 18.4. The van der Waals surface area contributed by atoms with E-state index in [1.165, 1.54) is 29.5 Å². The van der Waals surface area contributed by atoms with Gasteiger partial charge in [0.1, 0.15) is 11.4 Å². The van der Waals surface area contributed by atoms with E-state index in [2.05, 4.69) is 75.2 Å². The molecule has 1 saturated heterocycles. The number of aromatic nitrogens is 2. The molecule has 1 N–H and O–H groups in total. The van der Waals surface area contributed by atoms with Gasteiger partial charge in [-0.1, -0.05) is 60.5 Å². The molecule has 4 nitrogen and oxygen atoms in total. The Labute approximate surface area is 190 Å². The lowest BCUT2D eigenvalue weighted by Crippen LogP contribution is -2.41. The second-order valence-electron chi connectivity index (χ2n) is 9.08. The number of hydrogen-bond acceptors (Lipinski definition) is 4. The topological polar surface area (TPSA) is 49.3 Å². The Balaban J connectivity index is 1.22. The molecule has 162 valence electrons. The van der Waals surface area contributed by atoms with Crippen molar-refractivity contribution in [3.63, 3.8) is 0 Å². The number of aryl methyl sites for hydroxylation is 1. The third-order valence-corrected chi connectivity index (χ3v) is 6.94. The summed E-state index contributed by atoms with van der Waals surface area (Å²) in [6, 6.07) is 19.2. The summed E-state index contributed by atoms with van der Waals surface area (Å²) >= 11 is 0. The van der Waals surface area contributed by atoms with Crippen LogP contribution in [0, 0.1) is 17.3 Å². The van der Waals surface area contributed by atoms with Gasteiger partial charge in [0.05, 0.1) is 12.8 Å². The summed E-state index contributed by atoms with van der Waals surface area (Å²) in [5.41, 5.74) is 5.97. The van der Waals surface area contributed by atoms with E-state index in [4.69, 9.17) is 0 Å². The number of anilines is 1. The predicted octanol–water partition coefficient (Wildman–Crippen LogP) is 4.34. The van der Waals surface area contributed by atoms with Crippen LogP contribution in [0.1, 0.15) is 47.3 Å². The van der Waals surface area contributed by atoms with Crippen LogP contribution in [-0.2, 0) is 25.9 Å². The number of rotatable bonds is 4. The van der Waals surface area contributed by atoms with Crippen molar-refractivity contribution >= 4 is 5.82 Å². The Hall–Kier alpha value is -3.16. The molecule has 0 unspecified atom stereocenters. The van der Waals surface area contributed by atoms with Crippen molar-refractivity contribution in [3.05, 3.63) is 88.9 Å². The number of hydrogen-bond donors (Lipinski definition) is 1. The maximum absolute atomic E-state index is 9.94. The van der Waals surface area contributed by atoms with Crippen LogP contribution in [0.3, 0.4) is 0 Å². The second-order valence-corrected chi connectivity index (χ2v) is 9.08. The minimum atomic E-state index is -0.116. The van der Waals surface area contributed by atoms with Crippen LogP contribution < -0.4 is 4.90 Å². The van der Waals surface area contributed by atoms with E-state index in [0.717, 1.165) is 44.6 Å². The normalized spacial score (nSPS) is 16.5. The quantitative estimate of drug-likeness (QED) is 0.635. The molecule has 2 aromatic carbocycles. The first-order valence-electron chi connectivity index (χ1n) is 11.6. The molecule has 1 aliphatic carbocycles. The van der Waals surface area contributed by atoms with E-state index >= 15 is 0 Å². The van der Waals surface area contributed by atoms with Crippen LogP contribution in [0.15, 0.2) is 60.8 Å². The number of aliphatic hydroxyl groups is 1. The lowest BCUT2D eigenvalue weighted by Gasteiger charge is -2.40. The smallest absolute Gasteiger partial charge is 0.152 e. The summed E-state index contributed by atoms with van der Waals surface area (Å²) in [4.78, 5) is 11.6. The van der Waals surface area contributed by atoms with E-state index in [0.29, 0.717) is 16.8 Å². The van der Waals surface area contributed by atoms with Crippen LogP contribution >= 0.6 is 0 Å². The van der Waals surface area contributed by atoms with Crippen molar-refractivity contribution in [2.75, 3.05) is 18.0 Å². The molecule has 0 atom stereocenters. The number of nitrogens with zero attached hydrogens (tertiary/aromatic N) is 3. The molecule has 32 heavy (non-hydrogen) atoms. The fourth-order valence-electron chi connectivity index (χ4n) is 5.18. The monoisotopic (exact) mass is 423 g/mol. The van der Waals surface area contributed by atoms with Gasteiger partial charge in [0.25, 0.3) is 0 Å². The fourth-order valence-corrected chi connectivity index (χ4v) is 5.18. The summed E-state index contributed by atoms with van der Waals surface area (Å²) in [6.45, 7) is 1.80. The number of piperidine rings is 1. The molecule has 5 rings (SSSR count). The summed E-state index contributed by atoms with van der Waals surface area (Å²) in [7, 11) is 0. The Morgan fingerprint density at radius 3 is 2.31 bits per heavy atom. The average Bonchev–Trinajstić information content (AvgIpc) is 3.20. The van der Waals surface area contributed by atoms with Gasteiger partial charge in [-0.3, -0.25) is 0 Å². The van der Waals surface area contributed by atoms with Crippen molar-refractivity contribution in [1.82, 2.24) is 9.97 Å². The van der Waals surface area contributed by atoms with Crippen molar-refractivity contribution in [1.29, 1.82) is 0 Å². The highest BCUT2D eigenvalue weighted by molar-refractivity contribution is 5.46. The first-order chi connectivity index (χ1) is 15.7. The predicted molar refractivity (Wildman–Crippen MR) is 127 cm³/mol. The molecule has 1 aromatic heterocycles. The number of aliphatic hydroxyl groups excluding tert-OH is 1. The maximum Gasteiger partial charge on any atom is 0.152 e. The highest BCUT2D eigenvalue weighted by atomic mass is 16.3. The van der Waals surface area contributed by atoms with Gasteiger partial charge in [0.2, 0.25) is 0 Å². The van der Waals surface area contributed by atoms with Gasteiger partial charge >= 0.3 is 0 Å². The minimum Gasteiger partial charge on any atom is -0.390 e. The standard InChI is InChI=1S/C28H29N3O/c32-21-26-27(29-20-25(30-26)13-7-4-10-22-8-2-1-3-9-22)31-16-14-28(15-17-31)18-23-11-5-6-12-24(23)19-28/h1-3,5-6,8-9,11-12,20,32H,4,10,14-19,21H2. The molecule has 4 heteroatoms. The molecule has 0 amide bonds. The number of fused-ring (bicyclic) bond motifs is 1. The maximum atomic E-state index is 9.94. The Morgan fingerprint density at radius 1 is 0.938 bits per heavy atom.